The summed E-state index contributed by atoms with van der Waals surface area (Å²) in [4.78, 5) is 17.1. The smallest absolute Gasteiger partial charge is 0.252 e. The number of rotatable bonds is 7. The molecule has 2 N–H and O–H groups in total. The molecule has 0 spiro atoms. The Labute approximate surface area is 180 Å². The van der Waals surface area contributed by atoms with Gasteiger partial charge in [0.25, 0.3) is 5.91 Å². The Bertz CT molecular complexity index is 998. The van der Waals surface area contributed by atoms with E-state index < -0.39 is 6.10 Å². The van der Waals surface area contributed by atoms with Crippen LogP contribution in [0.15, 0.2) is 53.9 Å². The molecule has 1 amide bonds. The van der Waals surface area contributed by atoms with Crippen molar-refractivity contribution in [3.8, 4) is 5.75 Å². The highest BCUT2D eigenvalue weighted by Gasteiger charge is 2.22. The molecule has 3 aromatic rings. The molecular weight excluding hydrogens is 398 g/mol. The van der Waals surface area contributed by atoms with Crippen LogP contribution in [0.25, 0.3) is 10.1 Å². The van der Waals surface area contributed by atoms with Crippen LogP contribution in [0.4, 0.5) is 5.69 Å². The number of thiophene rings is 1. The monoisotopic (exact) mass is 425 g/mol. The van der Waals surface area contributed by atoms with Crippen LogP contribution < -0.4 is 15.0 Å². The van der Waals surface area contributed by atoms with Crippen molar-refractivity contribution in [1.82, 2.24) is 10.2 Å². The lowest BCUT2D eigenvalue weighted by atomic mass is 10.1. The minimum Gasteiger partial charge on any atom is -0.495 e. The fourth-order valence-corrected chi connectivity index (χ4v) is 4.83. The third-order valence-corrected chi connectivity index (χ3v) is 6.45. The zero-order valence-corrected chi connectivity index (χ0v) is 17.9. The van der Waals surface area contributed by atoms with Crippen LogP contribution in [0.1, 0.15) is 10.4 Å². The Morgan fingerprint density at radius 3 is 2.67 bits per heavy atom. The van der Waals surface area contributed by atoms with Gasteiger partial charge in [-0.15, -0.1) is 11.3 Å². The van der Waals surface area contributed by atoms with E-state index in [1.165, 1.54) is 0 Å². The number of benzene rings is 2. The van der Waals surface area contributed by atoms with Crippen molar-refractivity contribution in [2.75, 3.05) is 51.3 Å². The van der Waals surface area contributed by atoms with Crippen LogP contribution in [0, 0.1) is 0 Å². The molecule has 4 rings (SSSR count). The third-order valence-electron chi connectivity index (χ3n) is 5.49. The summed E-state index contributed by atoms with van der Waals surface area (Å²) in [5, 5.41) is 16.2. The van der Waals surface area contributed by atoms with Crippen molar-refractivity contribution in [2.45, 2.75) is 6.10 Å². The molecule has 30 heavy (non-hydrogen) atoms. The first-order chi connectivity index (χ1) is 14.7. The van der Waals surface area contributed by atoms with Gasteiger partial charge in [-0.2, -0.15) is 0 Å². The van der Waals surface area contributed by atoms with Crippen molar-refractivity contribution in [3.05, 3.63) is 59.5 Å². The van der Waals surface area contributed by atoms with E-state index in [0.29, 0.717) is 12.1 Å². The molecule has 0 radical (unpaired) electrons. The highest BCUT2D eigenvalue weighted by molar-refractivity contribution is 7.17. The molecule has 1 aliphatic rings. The summed E-state index contributed by atoms with van der Waals surface area (Å²) in [6, 6.07) is 15.9. The van der Waals surface area contributed by atoms with Gasteiger partial charge in [0.05, 0.1) is 24.5 Å². The lowest BCUT2D eigenvalue weighted by molar-refractivity contribution is 0.0853. The molecule has 1 atom stereocenters. The number of β-amino-alcohol motifs (C(OH)–C–C–N with tert-alkyl or cyclic N) is 1. The second-order valence-electron chi connectivity index (χ2n) is 7.47. The highest BCUT2D eigenvalue weighted by Crippen LogP contribution is 2.28. The van der Waals surface area contributed by atoms with Gasteiger partial charge in [0.1, 0.15) is 5.75 Å². The molecule has 7 heteroatoms. The maximum Gasteiger partial charge on any atom is 0.252 e. The Morgan fingerprint density at radius 2 is 1.87 bits per heavy atom. The number of nitrogens with one attached hydrogen (secondary N) is 1. The van der Waals surface area contributed by atoms with Gasteiger partial charge in [0.15, 0.2) is 0 Å². The normalized spacial score (nSPS) is 15.9. The molecule has 1 saturated heterocycles. The average molecular weight is 426 g/mol. The molecule has 0 saturated carbocycles. The van der Waals surface area contributed by atoms with E-state index in [9.17, 15) is 9.90 Å². The summed E-state index contributed by atoms with van der Waals surface area (Å²) >= 11 is 1.56. The number of methoxy groups -OCH3 is 1. The van der Waals surface area contributed by atoms with E-state index in [0.717, 1.165) is 47.7 Å². The van der Waals surface area contributed by atoms with E-state index in [2.05, 4.69) is 21.2 Å². The third kappa shape index (κ3) is 4.59. The molecule has 1 aromatic heterocycles. The maximum absolute atomic E-state index is 12.5. The van der Waals surface area contributed by atoms with E-state index in [-0.39, 0.29) is 12.5 Å². The lowest BCUT2D eigenvalue weighted by Gasteiger charge is -2.37. The number of carbonyl (C=O) groups is 1. The molecule has 1 fully saturated rings. The Balaban J connectivity index is 1.25. The number of piperazine rings is 1. The highest BCUT2D eigenvalue weighted by atomic mass is 32.1. The van der Waals surface area contributed by atoms with Crippen molar-refractivity contribution in [1.29, 1.82) is 0 Å². The van der Waals surface area contributed by atoms with Gasteiger partial charge in [-0.05, 0) is 18.2 Å². The van der Waals surface area contributed by atoms with E-state index in [1.54, 1.807) is 18.4 Å². The molecule has 2 heterocycles. The first-order valence-electron chi connectivity index (χ1n) is 10.2. The summed E-state index contributed by atoms with van der Waals surface area (Å²) in [5.74, 6) is 0.752. The first kappa shape index (κ1) is 20.7. The number of aliphatic hydroxyl groups is 1. The van der Waals surface area contributed by atoms with Gasteiger partial charge in [0.2, 0.25) is 0 Å². The second-order valence-corrected chi connectivity index (χ2v) is 8.38. The van der Waals surface area contributed by atoms with Crippen LogP contribution in [-0.4, -0.2) is 68.4 Å². The molecule has 0 bridgehead atoms. The average Bonchev–Trinajstić information content (AvgIpc) is 3.22. The van der Waals surface area contributed by atoms with Gasteiger partial charge < -0.3 is 20.1 Å². The number of hydrogen-bond donors (Lipinski definition) is 2. The number of fused-ring (bicyclic) bond motifs is 1. The topological polar surface area (TPSA) is 65.0 Å². The zero-order chi connectivity index (χ0) is 20.9. The fraction of sp³-hybridized carbons (Fsp3) is 0.348. The number of amides is 1. The lowest BCUT2D eigenvalue weighted by Crippen LogP contribution is -2.50. The molecule has 2 aromatic carbocycles. The fourth-order valence-electron chi connectivity index (χ4n) is 3.88. The number of para-hydroxylation sites is 2. The summed E-state index contributed by atoms with van der Waals surface area (Å²) in [6.07, 6.45) is -0.600. The number of aliphatic hydroxyl groups excluding tert-OH is 1. The van der Waals surface area contributed by atoms with Crippen molar-refractivity contribution in [2.24, 2.45) is 0 Å². The minimum atomic E-state index is -0.600. The quantitative estimate of drug-likeness (QED) is 0.610. The van der Waals surface area contributed by atoms with Gasteiger partial charge in [-0.25, -0.2) is 0 Å². The zero-order valence-electron chi connectivity index (χ0n) is 17.1. The van der Waals surface area contributed by atoms with E-state index >= 15 is 0 Å². The molecule has 6 nitrogen and oxygen atoms in total. The summed E-state index contributed by atoms with van der Waals surface area (Å²) in [7, 11) is 1.69. The largest absolute Gasteiger partial charge is 0.495 e. The SMILES string of the molecule is COc1ccccc1N1CCN(CC(O)CNC(=O)c2csc3ccccc23)CC1. The number of carbonyl (C=O) groups excluding carboxylic acids is 1. The van der Waals surface area contributed by atoms with Crippen molar-refractivity contribution >= 4 is 33.0 Å². The molecule has 1 aliphatic heterocycles. The summed E-state index contributed by atoms with van der Waals surface area (Å²) in [5.41, 5.74) is 1.78. The number of nitrogens with zero attached hydrogens (tertiary/aromatic N) is 2. The van der Waals surface area contributed by atoms with Crippen molar-refractivity contribution < 1.29 is 14.6 Å². The Hall–Kier alpha value is -2.61. The van der Waals surface area contributed by atoms with Crippen LogP contribution in [0.3, 0.4) is 0 Å². The molecule has 158 valence electrons. The number of ether oxygens (including phenoxy) is 1. The van der Waals surface area contributed by atoms with Crippen LogP contribution in [0.5, 0.6) is 5.75 Å². The summed E-state index contributed by atoms with van der Waals surface area (Å²) in [6.45, 7) is 4.26. The van der Waals surface area contributed by atoms with Crippen LogP contribution in [-0.2, 0) is 0 Å². The predicted octanol–water partition coefficient (Wildman–Crippen LogP) is 2.82. The summed E-state index contributed by atoms with van der Waals surface area (Å²) < 4.78 is 6.56. The van der Waals surface area contributed by atoms with Gasteiger partial charge in [-0.1, -0.05) is 30.3 Å². The Kier molecular flexibility index (Phi) is 6.52. The van der Waals surface area contributed by atoms with Gasteiger partial charge in [0, 0.05) is 54.7 Å². The van der Waals surface area contributed by atoms with Gasteiger partial charge >= 0.3 is 0 Å². The molecule has 1 unspecified atom stereocenters. The first-order valence-corrected chi connectivity index (χ1v) is 11.1. The molecule has 0 aliphatic carbocycles. The standard InChI is InChI=1S/C23H27N3O3S/c1-29-21-8-4-3-7-20(21)26-12-10-25(11-13-26)15-17(27)14-24-23(28)19-16-30-22-9-5-2-6-18(19)22/h2-9,16-17,27H,10-15H2,1H3,(H,24,28). The van der Waals surface area contributed by atoms with Crippen LogP contribution in [0.2, 0.25) is 0 Å². The second kappa shape index (κ2) is 9.47. The van der Waals surface area contributed by atoms with E-state index in [4.69, 9.17) is 4.74 Å². The molecular formula is C23H27N3O3S. The van der Waals surface area contributed by atoms with Crippen molar-refractivity contribution in [3.63, 3.8) is 0 Å². The van der Waals surface area contributed by atoms with Gasteiger partial charge in [-0.3, -0.25) is 9.69 Å². The minimum absolute atomic E-state index is 0.132. The van der Waals surface area contributed by atoms with E-state index in [1.807, 2.05) is 47.8 Å². The maximum atomic E-state index is 12.5. The number of anilines is 1. The number of hydrogen-bond acceptors (Lipinski definition) is 6. The van der Waals surface area contributed by atoms with Crippen LogP contribution >= 0.6 is 11.3 Å². The Morgan fingerprint density at radius 1 is 1.13 bits per heavy atom. The predicted molar refractivity (Wildman–Crippen MR) is 122 cm³/mol.